The number of piperidine rings is 1. The molecule has 1 fully saturated rings. The minimum atomic E-state index is -2.87. The molecule has 25 heavy (non-hydrogen) atoms. The van der Waals surface area contributed by atoms with Crippen LogP contribution in [-0.2, 0) is 11.3 Å². The standard InChI is InChI=1S/C18H26F2N2O2.ClH/c1-12-5-6-16(24-18(19)20)15(8-12)11-22-17(23)9-13(2)14-4-3-7-21-10-14;/h5-6,8,13-14,18,21H,3-4,7,9-11H2,1-2H3,(H,22,23);1H. The van der Waals surface area contributed by atoms with Crippen molar-refractivity contribution >= 4 is 18.3 Å². The first kappa shape index (κ1) is 21.6. The van der Waals surface area contributed by atoms with E-state index < -0.39 is 6.61 Å². The molecule has 1 aromatic rings. The molecule has 0 aromatic heterocycles. The minimum Gasteiger partial charge on any atom is -0.434 e. The number of benzene rings is 1. The topological polar surface area (TPSA) is 50.4 Å². The molecule has 2 rings (SSSR count). The third-order valence-corrected chi connectivity index (χ3v) is 4.56. The van der Waals surface area contributed by atoms with Gasteiger partial charge >= 0.3 is 6.61 Å². The Morgan fingerprint density at radius 2 is 2.20 bits per heavy atom. The van der Waals surface area contributed by atoms with Crippen LogP contribution < -0.4 is 15.4 Å². The van der Waals surface area contributed by atoms with Crippen LogP contribution in [0, 0.1) is 18.8 Å². The molecule has 0 spiro atoms. The molecule has 2 N–H and O–H groups in total. The number of aryl methyl sites for hydroxylation is 1. The molecule has 7 heteroatoms. The van der Waals surface area contributed by atoms with E-state index in [0.29, 0.717) is 23.8 Å². The van der Waals surface area contributed by atoms with Crippen molar-refractivity contribution in [3.8, 4) is 5.75 Å². The summed E-state index contributed by atoms with van der Waals surface area (Å²) in [5.41, 5.74) is 1.50. The lowest BCUT2D eigenvalue weighted by atomic mass is 9.85. The predicted octanol–water partition coefficient (Wildman–Crippen LogP) is 3.66. The van der Waals surface area contributed by atoms with Crippen molar-refractivity contribution in [2.24, 2.45) is 11.8 Å². The van der Waals surface area contributed by atoms with E-state index in [9.17, 15) is 13.6 Å². The van der Waals surface area contributed by atoms with Gasteiger partial charge in [-0.25, -0.2) is 0 Å². The van der Waals surface area contributed by atoms with Crippen LogP contribution in [0.1, 0.15) is 37.3 Å². The van der Waals surface area contributed by atoms with Crippen LogP contribution in [-0.4, -0.2) is 25.6 Å². The molecular formula is C18H27ClF2N2O2. The van der Waals surface area contributed by atoms with Crippen LogP contribution >= 0.6 is 12.4 Å². The van der Waals surface area contributed by atoms with Gasteiger partial charge in [0, 0.05) is 18.5 Å². The van der Waals surface area contributed by atoms with Crippen molar-refractivity contribution in [3.05, 3.63) is 29.3 Å². The highest BCUT2D eigenvalue weighted by atomic mass is 35.5. The monoisotopic (exact) mass is 376 g/mol. The van der Waals surface area contributed by atoms with Gasteiger partial charge in [0.25, 0.3) is 0 Å². The number of nitrogens with one attached hydrogen (secondary N) is 2. The predicted molar refractivity (Wildman–Crippen MR) is 96.3 cm³/mol. The molecule has 1 aromatic carbocycles. The maximum absolute atomic E-state index is 12.5. The zero-order valence-corrected chi connectivity index (χ0v) is 15.5. The third kappa shape index (κ3) is 7.16. The molecular weight excluding hydrogens is 350 g/mol. The summed E-state index contributed by atoms with van der Waals surface area (Å²) in [6.07, 6.45) is 2.74. The maximum atomic E-state index is 12.5. The summed E-state index contributed by atoms with van der Waals surface area (Å²) in [4.78, 5) is 12.2. The van der Waals surface area contributed by atoms with Crippen LogP contribution in [0.25, 0.3) is 0 Å². The van der Waals surface area contributed by atoms with E-state index in [2.05, 4.69) is 22.3 Å². The molecule has 1 heterocycles. The lowest BCUT2D eigenvalue weighted by Gasteiger charge is -2.28. The van der Waals surface area contributed by atoms with Crippen molar-refractivity contribution in [1.82, 2.24) is 10.6 Å². The van der Waals surface area contributed by atoms with Crippen molar-refractivity contribution in [3.63, 3.8) is 0 Å². The fourth-order valence-electron chi connectivity index (χ4n) is 3.15. The summed E-state index contributed by atoms with van der Waals surface area (Å²) in [6, 6.07) is 4.98. The fourth-order valence-corrected chi connectivity index (χ4v) is 3.15. The molecule has 1 amide bonds. The Morgan fingerprint density at radius 1 is 1.44 bits per heavy atom. The number of halogens is 3. The molecule has 2 unspecified atom stereocenters. The molecule has 1 aliphatic heterocycles. The molecule has 0 radical (unpaired) electrons. The van der Waals surface area contributed by atoms with E-state index in [-0.39, 0.29) is 30.6 Å². The number of carbonyl (C=O) groups is 1. The average Bonchev–Trinajstić information content (AvgIpc) is 2.55. The van der Waals surface area contributed by atoms with Crippen molar-refractivity contribution in [2.45, 2.75) is 46.3 Å². The van der Waals surface area contributed by atoms with Crippen molar-refractivity contribution in [2.75, 3.05) is 13.1 Å². The number of carbonyl (C=O) groups excluding carboxylic acids is 1. The number of hydrogen-bond donors (Lipinski definition) is 2. The summed E-state index contributed by atoms with van der Waals surface area (Å²) in [5, 5.41) is 6.18. The van der Waals surface area contributed by atoms with Crippen LogP contribution in [0.4, 0.5) is 8.78 Å². The zero-order valence-electron chi connectivity index (χ0n) is 14.7. The van der Waals surface area contributed by atoms with Gasteiger partial charge in [0.2, 0.25) is 5.91 Å². The van der Waals surface area contributed by atoms with Gasteiger partial charge in [0.1, 0.15) is 5.75 Å². The average molecular weight is 377 g/mol. The SMILES string of the molecule is Cc1ccc(OC(F)F)c(CNC(=O)CC(C)C2CCCNC2)c1.Cl. The second-order valence-electron chi connectivity index (χ2n) is 6.55. The van der Waals surface area contributed by atoms with Crippen molar-refractivity contribution in [1.29, 1.82) is 0 Å². The van der Waals surface area contributed by atoms with Gasteiger partial charge in [-0.2, -0.15) is 8.78 Å². The zero-order chi connectivity index (χ0) is 17.5. The smallest absolute Gasteiger partial charge is 0.387 e. The number of amides is 1. The van der Waals surface area contributed by atoms with Gasteiger partial charge in [-0.15, -0.1) is 12.4 Å². The summed E-state index contributed by atoms with van der Waals surface area (Å²) >= 11 is 0. The quantitative estimate of drug-likeness (QED) is 0.763. The lowest BCUT2D eigenvalue weighted by Crippen LogP contribution is -2.35. The summed E-state index contributed by atoms with van der Waals surface area (Å²) < 4.78 is 29.4. The molecule has 0 aliphatic carbocycles. The molecule has 1 saturated heterocycles. The van der Waals surface area contributed by atoms with Gasteiger partial charge in [0.15, 0.2) is 0 Å². The van der Waals surface area contributed by atoms with E-state index in [1.54, 1.807) is 12.1 Å². The summed E-state index contributed by atoms with van der Waals surface area (Å²) in [7, 11) is 0. The molecule has 142 valence electrons. The number of alkyl halides is 2. The number of hydrogen-bond acceptors (Lipinski definition) is 3. The highest BCUT2D eigenvalue weighted by Gasteiger charge is 2.22. The normalized spacial score (nSPS) is 18.4. The highest BCUT2D eigenvalue weighted by molar-refractivity contribution is 5.85. The fraction of sp³-hybridized carbons (Fsp3) is 0.611. The van der Waals surface area contributed by atoms with E-state index in [1.807, 2.05) is 6.92 Å². The summed E-state index contributed by atoms with van der Waals surface area (Å²) in [6.45, 7) is 3.29. The van der Waals surface area contributed by atoms with Gasteiger partial charge in [-0.1, -0.05) is 24.6 Å². The lowest BCUT2D eigenvalue weighted by molar-refractivity contribution is -0.122. The third-order valence-electron chi connectivity index (χ3n) is 4.56. The van der Waals surface area contributed by atoms with Crippen LogP contribution in [0.3, 0.4) is 0 Å². The summed E-state index contributed by atoms with van der Waals surface area (Å²) in [5.74, 6) is 0.867. The van der Waals surface area contributed by atoms with Crippen LogP contribution in [0.2, 0.25) is 0 Å². The maximum Gasteiger partial charge on any atom is 0.387 e. The second-order valence-corrected chi connectivity index (χ2v) is 6.55. The molecule has 0 bridgehead atoms. The second kappa shape index (κ2) is 10.6. The Hall–Kier alpha value is -1.40. The number of rotatable bonds is 7. The largest absolute Gasteiger partial charge is 0.434 e. The Labute approximate surface area is 154 Å². The number of ether oxygens (including phenoxy) is 1. The van der Waals surface area contributed by atoms with Gasteiger partial charge in [-0.3, -0.25) is 4.79 Å². The van der Waals surface area contributed by atoms with E-state index >= 15 is 0 Å². The molecule has 4 nitrogen and oxygen atoms in total. The minimum absolute atomic E-state index is 0. The first-order valence-corrected chi connectivity index (χ1v) is 8.47. The Morgan fingerprint density at radius 3 is 2.84 bits per heavy atom. The van der Waals surface area contributed by atoms with Gasteiger partial charge < -0.3 is 15.4 Å². The first-order chi connectivity index (χ1) is 11.5. The Kier molecular flexibility index (Phi) is 9.14. The van der Waals surface area contributed by atoms with Crippen LogP contribution in [0.5, 0.6) is 5.75 Å². The van der Waals surface area contributed by atoms with E-state index in [1.165, 1.54) is 6.07 Å². The van der Waals surface area contributed by atoms with E-state index in [4.69, 9.17) is 0 Å². The van der Waals surface area contributed by atoms with Gasteiger partial charge in [-0.05, 0) is 50.8 Å². The Balaban J connectivity index is 0.00000312. The van der Waals surface area contributed by atoms with Gasteiger partial charge in [0.05, 0.1) is 0 Å². The van der Waals surface area contributed by atoms with Crippen LogP contribution in [0.15, 0.2) is 18.2 Å². The van der Waals surface area contributed by atoms with Crippen molar-refractivity contribution < 1.29 is 18.3 Å². The highest BCUT2D eigenvalue weighted by Crippen LogP contribution is 2.24. The molecule has 1 aliphatic rings. The molecule has 0 saturated carbocycles. The van der Waals surface area contributed by atoms with E-state index in [0.717, 1.165) is 31.5 Å². The first-order valence-electron chi connectivity index (χ1n) is 8.47. The molecule has 2 atom stereocenters. The Bertz CT molecular complexity index is 552.